The van der Waals surface area contributed by atoms with Crippen LogP contribution < -0.4 is 4.74 Å². The molecular weight excluding hydrogens is 368 g/mol. The van der Waals surface area contributed by atoms with Gasteiger partial charge in [0.1, 0.15) is 10.9 Å². The van der Waals surface area contributed by atoms with Gasteiger partial charge in [0.2, 0.25) is 0 Å². The molecule has 8 heteroatoms. The van der Waals surface area contributed by atoms with E-state index in [1.807, 2.05) is 12.1 Å². The number of hydrogen-bond acceptors (Lipinski definition) is 4. The summed E-state index contributed by atoms with van der Waals surface area (Å²) < 4.78 is 6.80. The van der Waals surface area contributed by atoms with E-state index in [1.165, 1.54) is 4.68 Å². The number of aryl methyl sites for hydroxylation is 2. The minimum atomic E-state index is -0.141. The van der Waals surface area contributed by atoms with Crippen molar-refractivity contribution in [3.05, 3.63) is 46.2 Å². The highest BCUT2D eigenvalue weighted by Crippen LogP contribution is 2.23. The van der Waals surface area contributed by atoms with Crippen molar-refractivity contribution in [2.75, 3.05) is 33.3 Å². The van der Waals surface area contributed by atoms with Crippen LogP contribution in [0, 0.1) is 6.92 Å². The summed E-state index contributed by atoms with van der Waals surface area (Å²) in [5, 5.41) is 4.55. The standard InChI is InChI=1S/C19H23ClN4O3/c1-13-16(17(20)22(2)21-13)19(26)24-10-6-9-23(11-12-24)18(25)14-7-4-5-8-15(14)27-3/h4-5,7-8H,6,9-12H2,1-3H3. The molecule has 144 valence electrons. The van der Waals surface area contributed by atoms with Crippen LogP contribution in [0.5, 0.6) is 5.75 Å². The lowest BCUT2D eigenvalue weighted by molar-refractivity contribution is 0.0716. The molecule has 1 saturated heterocycles. The van der Waals surface area contributed by atoms with Crippen LogP contribution in [-0.4, -0.2) is 64.7 Å². The zero-order chi connectivity index (χ0) is 19.6. The first kappa shape index (κ1) is 19.2. The summed E-state index contributed by atoms with van der Waals surface area (Å²) in [6.07, 6.45) is 0.698. The van der Waals surface area contributed by atoms with Crippen molar-refractivity contribution < 1.29 is 14.3 Å². The quantitative estimate of drug-likeness (QED) is 0.807. The second-order valence-electron chi connectivity index (χ2n) is 6.51. The third-order valence-electron chi connectivity index (χ3n) is 4.77. The van der Waals surface area contributed by atoms with Crippen LogP contribution in [0.1, 0.15) is 32.8 Å². The Morgan fingerprint density at radius 3 is 2.30 bits per heavy atom. The number of rotatable bonds is 3. The van der Waals surface area contributed by atoms with Gasteiger partial charge in [0.15, 0.2) is 0 Å². The number of benzene rings is 1. The Morgan fingerprint density at radius 2 is 1.70 bits per heavy atom. The summed E-state index contributed by atoms with van der Waals surface area (Å²) in [4.78, 5) is 29.3. The van der Waals surface area contributed by atoms with Gasteiger partial charge >= 0.3 is 0 Å². The number of halogens is 1. The average Bonchev–Trinajstić information content (AvgIpc) is 2.85. The summed E-state index contributed by atoms with van der Waals surface area (Å²) in [5.41, 5.74) is 1.58. The predicted molar refractivity (Wildman–Crippen MR) is 102 cm³/mol. The Morgan fingerprint density at radius 1 is 1.07 bits per heavy atom. The topological polar surface area (TPSA) is 67.7 Å². The number of hydrogen-bond donors (Lipinski definition) is 0. The molecule has 0 atom stereocenters. The van der Waals surface area contributed by atoms with Crippen LogP contribution in [0.25, 0.3) is 0 Å². The molecule has 1 aromatic carbocycles. The number of methoxy groups -OCH3 is 1. The maximum Gasteiger partial charge on any atom is 0.258 e. The molecule has 7 nitrogen and oxygen atoms in total. The van der Waals surface area contributed by atoms with Crippen molar-refractivity contribution in [3.8, 4) is 5.75 Å². The minimum absolute atomic E-state index is 0.0858. The number of aromatic nitrogens is 2. The first-order chi connectivity index (χ1) is 12.9. The second kappa shape index (κ2) is 8.00. The monoisotopic (exact) mass is 390 g/mol. The fraction of sp³-hybridized carbons (Fsp3) is 0.421. The van der Waals surface area contributed by atoms with Crippen molar-refractivity contribution in [2.24, 2.45) is 7.05 Å². The van der Waals surface area contributed by atoms with Crippen LogP contribution in [0.15, 0.2) is 24.3 Å². The smallest absolute Gasteiger partial charge is 0.258 e. The van der Waals surface area contributed by atoms with Gasteiger partial charge in [-0.2, -0.15) is 5.10 Å². The van der Waals surface area contributed by atoms with E-state index in [0.29, 0.717) is 60.3 Å². The maximum absolute atomic E-state index is 12.9. The lowest BCUT2D eigenvalue weighted by Crippen LogP contribution is -2.37. The van der Waals surface area contributed by atoms with E-state index in [-0.39, 0.29) is 11.8 Å². The van der Waals surface area contributed by atoms with Gasteiger partial charge in [0.05, 0.1) is 23.9 Å². The molecule has 0 bridgehead atoms. The molecule has 1 fully saturated rings. The first-order valence-electron chi connectivity index (χ1n) is 8.84. The summed E-state index contributed by atoms with van der Waals surface area (Å²) in [5.74, 6) is 0.326. The lowest BCUT2D eigenvalue weighted by atomic mass is 10.1. The Balaban J connectivity index is 1.74. The molecule has 1 aliphatic rings. The molecule has 0 unspecified atom stereocenters. The summed E-state index contributed by atoms with van der Waals surface area (Å²) in [6, 6.07) is 7.18. The summed E-state index contributed by atoms with van der Waals surface area (Å²) >= 11 is 6.24. The van der Waals surface area contributed by atoms with Gasteiger partial charge in [0.25, 0.3) is 11.8 Å². The van der Waals surface area contributed by atoms with E-state index in [0.717, 1.165) is 0 Å². The maximum atomic E-state index is 12.9. The van der Waals surface area contributed by atoms with E-state index >= 15 is 0 Å². The average molecular weight is 391 g/mol. The van der Waals surface area contributed by atoms with E-state index < -0.39 is 0 Å². The molecule has 2 aromatic rings. The summed E-state index contributed by atoms with van der Waals surface area (Å²) in [6.45, 7) is 3.83. The SMILES string of the molecule is COc1ccccc1C(=O)N1CCCN(C(=O)c2c(C)nn(C)c2Cl)CC1. The number of carbonyl (C=O) groups is 2. The van der Waals surface area contributed by atoms with Crippen molar-refractivity contribution in [1.29, 1.82) is 0 Å². The molecule has 0 saturated carbocycles. The third-order valence-corrected chi connectivity index (χ3v) is 5.21. The van der Waals surface area contributed by atoms with Crippen LogP contribution in [-0.2, 0) is 7.05 Å². The highest BCUT2D eigenvalue weighted by Gasteiger charge is 2.28. The number of ether oxygens (including phenoxy) is 1. The van der Waals surface area contributed by atoms with E-state index in [4.69, 9.17) is 16.3 Å². The van der Waals surface area contributed by atoms with Gasteiger partial charge in [-0.05, 0) is 25.5 Å². The molecule has 2 heterocycles. The van der Waals surface area contributed by atoms with Gasteiger partial charge in [-0.1, -0.05) is 23.7 Å². The van der Waals surface area contributed by atoms with Gasteiger partial charge in [-0.15, -0.1) is 0 Å². The van der Waals surface area contributed by atoms with Crippen LogP contribution in [0.3, 0.4) is 0 Å². The zero-order valence-electron chi connectivity index (χ0n) is 15.7. The number of nitrogens with zero attached hydrogens (tertiary/aromatic N) is 4. The van der Waals surface area contributed by atoms with E-state index in [1.54, 1.807) is 43.0 Å². The number of carbonyl (C=O) groups excluding carboxylic acids is 2. The molecule has 0 spiro atoms. The van der Waals surface area contributed by atoms with Gasteiger partial charge in [0, 0.05) is 33.2 Å². The van der Waals surface area contributed by atoms with Gasteiger partial charge in [-0.25, -0.2) is 0 Å². The molecule has 0 radical (unpaired) electrons. The highest BCUT2D eigenvalue weighted by atomic mass is 35.5. The van der Waals surface area contributed by atoms with Crippen molar-refractivity contribution in [2.45, 2.75) is 13.3 Å². The first-order valence-corrected chi connectivity index (χ1v) is 9.22. The Kier molecular flexibility index (Phi) is 5.70. The van der Waals surface area contributed by atoms with Gasteiger partial charge < -0.3 is 14.5 Å². The summed E-state index contributed by atoms with van der Waals surface area (Å²) in [7, 11) is 3.26. The molecule has 2 amide bonds. The molecule has 1 aromatic heterocycles. The number of amides is 2. The molecule has 27 heavy (non-hydrogen) atoms. The Hall–Kier alpha value is -2.54. The fourth-order valence-electron chi connectivity index (χ4n) is 3.35. The van der Waals surface area contributed by atoms with Gasteiger partial charge in [-0.3, -0.25) is 14.3 Å². The van der Waals surface area contributed by atoms with Crippen LogP contribution >= 0.6 is 11.6 Å². The largest absolute Gasteiger partial charge is 0.496 e. The van der Waals surface area contributed by atoms with Crippen molar-refractivity contribution in [1.82, 2.24) is 19.6 Å². The molecule has 0 aliphatic carbocycles. The third kappa shape index (κ3) is 3.78. The molecule has 3 rings (SSSR count). The minimum Gasteiger partial charge on any atom is -0.496 e. The Bertz CT molecular complexity index is 865. The van der Waals surface area contributed by atoms with E-state index in [9.17, 15) is 9.59 Å². The lowest BCUT2D eigenvalue weighted by Gasteiger charge is -2.23. The van der Waals surface area contributed by atoms with E-state index in [2.05, 4.69) is 5.10 Å². The second-order valence-corrected chi connectivity index (χ2v) is 6.87. The highest BCUT2D eigenvalue weighted by molar-refractivity contribution is 6.33. The fourth-order valence-corrected chi connectivity index (χ4v) is 3.60. The predicted octanol–water partition coefficient (Wildman–Crippen LogP) is 2.38. The van der Waals surface area contributed by atoms with Crippen molar-refractivity contribution >= 4 is 23.4 Å². The molecule has 0 N–H and O–H groups in total. The van der Waals surface area contributed by atoms with Crippen LogP contribution in [0.2, 0.25) is 5.15 Å². The Labute approximate surface area is 163 Å². The number of para-hydroxylation sites is 1. The van der Waals surface area contributed by atoms with Crippen molar-refractivity contribution in [3.63, 3.8) is 0 Å². The zero-order valence-corrected chi connectivity index (χ0v) is 16.5. The molecular formula is C19H23ClN4O3. The normalized spacial score (nSPS) is 14.8. The molecule has 1 aliphatic heterocycles. The van der Waals surface area contributed by atoms with Crippen LogP contribution in [0.4, 0.5) is 0 Å².